The minimum atomic E-state index is -4.30. The van der Waals surface area contributed by atoms with E-state index in [2.05, 4.69) is 4.98 Å². The van der Waals surface area contributed by atoms with E-state index in [1.54, 1.807) is 6.92 Å². The number of aromatic nitrogens is 1. The van der Waals surface area contributed by atoms with Gasteiger partial charge in [-0.15, -0.1) is 0 Å². The van der Waals surface area contributed by atoms with Crippen molar-refractivity contribution in [3.8, 4) is 0 Å². The molecule has 0 spiro atoms. The summed E-state index contributed by atoms with van der Waals surface area (Å²) in [5.41, 5.74) is 0.251. The second kappa shape index (κ2) is 4.05. The first-order chi connectivity index (χ1) is 7.08. The van der Waals surface area contributed by atoms with Crippen LogP contribution >= 0.6 is 0 Å². The molecule has 0 saturated carbocycles. The minimum Gasteiger partial charge on any atom is -0.326 e. The molecule has 1 heterocycles. The molecule has 0 saturated heterocycles. The van der Waals surface area contributed by atoms with Gasteiger partial charge in [-0.2, -0.15) is 13.2 Å². The molecule has 0 amide bonds. The predicted molar refractivity (Wildman–Crippen MR) is 55.7 cm³/mol. The van der Waals surface area contributed by atoms with Crippen LogP contribution in [-0.2, 0) is 12.7 Å². The number of hydrogen-bond acceptors (Lipinski definition) is 1. The van der Waals surface area contributed by atoms with E-state index in [9.17, 15) is 13.2 Å². The molecule has 0 fully saturated rings. The molecule has 2 nitrogen and oxygen atoms in total. The second-order valence-electron chi connectivity index (χ2n) is 4.93. The Kier molecular flexibility index (Phi) is 3.28. The fourth-order valence-corrected chi connectivity index (χ4v) is 1.47. The molecule has 0 unspecified atom stereocenters. The first-order valence-electron chi connectivity index (χ1n) is 4.93. The monoisotopic (exact) mass is 233 g/mol. The van der Waals surface area contributed by atoms with Gasteiger partial charge in [-0.1, -0.05) is 0 Å². The summed E-state index contributed by atoms with van der Waals surface area (Å²) in [5.74, 6) is 0. The van der Waals surface area contributed by atoms with Crippen LogP contribution in [0.5, 0.6) is 0 Å². The van der Waals surface area contributed by atoms with Crippen LogP contribution in [-0.4, -0.2) is 30.6 Å². The number of halogens is 3. The van der Waals surface area contributed by atoms with E-state index in [1.165, 1.54) is 0 Å². The van der Waals surface area contributed by atoms with Gasteiger partial charge in [-0.3, -0.25) is 4.98 Å². The Bertz CT molecular complexity index is 378. The van der Waals surface area contributed by atoms with Crippen molar-refractivity contribution in [1.82, 2.24) is 4.98 Å². The Hall–Kier alpha value is -1.10. The number of nitrogens with zero attached hydrogens (tertiary/aromatic N) is 2. The first kappa shape index (κ1) is 13.0. The third-order valence-electron chi connectivity index (χ3n) is 1.97. The fourth-order valence-electron chi connectivity index (χ4n) is 1.47. The molecule has 0 aliphatic rings. The molecule has 0 aromatic carbocycles. The lowest BCUT2D eigenvalue weighted by molar-refractivity contribution is -0.884. The van der Waals surface area contributed by atoms with Crippen LogP contribution in [0.2, 0.25) is 0 Å². The third-order valence-corrected chi connectivity index (χ3v) is 1.97. The molecule has 1 aromatic heterocycles. The van der Waals surface area contributed by atoms with E-state index in [0.29, 0.717) is 22.4 Å². The zero-order valence-corrected chi connectivity index (χ0v) is 9.89. The minimum absolute atomic E-state index is 0.401. The maximum atomic E-state index is 12.5. The van der Waals surface area contributed by atoms with Crippen molar-refractivity contribution in [2.24, 2.45) is 0 Å². The maximum Gasteiger partial charge on any atom is 0.416 e. The number of hydrogen-bond donors (Lipinski definition) is 0. The number of alkyl halides is 3. The molecule has 0 atom stereocenters. The molecule has 0 N–H and O–H groups in total. The summed E-state index contributed by atoms with van der Waals surface area (Å²) in [6.07, 6.45) is -4.30. The van der Waals surface area contributed by atoms with Gasteiger partial charge in [0.1, 0.15) is 6.54 Å². The van der Waals surface area contributed by atoms with Crippen LogP contribution in [0.1, 0.15) is 17.0 Å². The number of aryl methyl sites for hydroxylation is 1. The summed E-state index contributed by atoms with van der Waals surface area (Å²) < 4.78 is 38.2. The van der Waals surface area contributed by atoms with Crippen LogP contribution in [0.15, 0.2) is 12.1 Å². The van der Waals surface area contributed by atoms with Gasteiger partial charge in [-0.25, -0.2) is 0 Å². The van der Waals surface area contributed by atoms with Crippen molar-refractivity contribution in [3.63, 3.8) is 0 Å². The molecule has 0 bridgehead atoms. The van der Waals surface area contributed by atoms with Gasteiger partial charge in [0, 0.05) is 5.69 Å². The second-order valence-corrected chi connectivity index (χ2v) is 4.93. The summed E-state index contributed by atoms with van der Waals surface area (Å²) in [7, 11) is 5.74. The Morgan fingerprint density at radius 2 is 1.75 bits per heavy atom. The zero-order chi connectivity index (χ0) is 12.6. The van der Waals surface area contributed by atoms with Crippen molar-refractivity contribution in [1.29, 1.82) is 0 Å². The molecule has 0 aliphatic carbocycles. The lowest BCUT2D eigenvalue weighted by atomic mass is 10.2. The van der Waals surface area contributed by atoms with Crippen molar-refractivity contribution >= 4 is 0 Å². The lowest BCUT2D eigenvalue weighted by Crippen LogP contribution is -2.33. The van der Waals surface area contributed by atoms with Gasteiger partial charge in [0.2, 0.25) is 0 Å². The highest BCUT2D eigenvalue weighted by Crippen LogP contribution is 2.30. The normalized spacial score (nSPS) is 12.9. The van der Waals surface area contributed by atoms with Crippen molar-refractivity contribution in [3.05, 3.63) is 29.1 Å². The van der Waals surface area contributed by atoms with Gasteiger partial charge >= 0.3 is 6.18 Å². The Labute approximate surface area is 93.3 Å². The van der Waals surface area contributed by atoms with Crippen LogP contribution in [0.25, 0.3) is 0 Å². The summed E-state index contributed by atoms with van der Waals surface area (Å²) >= 11 is 0. The average molecular weight is 233 g/mol. The molecule has 5 heteroatoms. The predicted octanol–water partition coefficient (Wildman–Crippen LogP) is 2.62. The Morgan fingerprint density at radius 3 is 2.19 bits per heavy atom. The van der Waals surface area contributed by atoms with E-state index in [-0.39, 0.29) is 0 Å². The molecule has 1 rings (SSSR count). The number of pyridine rings is 1. The third kappa shape index (κ3) is 3.81. The van der Waals surface area contributed by atoms with E-state index in [4.69, 9.17) is 0 Å². The highest BCUT2D eigenvalue weighted by molar-refractivity contribution is 5.23. The van der Waals surface area contributed by atoms with E-state index in [0.717, 1.165) is 12.1 Å². The standard InChI is InChI=1S/C11H16F3N2/c1-8-5-9(11(12,13)14)6-10(15-8)7-16(2,3)4/h5-6H,7H2,1-4H3/q+1. The highest BCUT2D eigenvalue weighted by Gasteiger charge is 2.31. The fraction of sp³-hybridized carbons (Fsp3) is 0.545. The van der Waals surface area contributed by atoms with Crippen molar-refractivity contribution in [2.45, 2.75) is 19.6 Å². The smallest absolute Gasteiger partial charge is 0.326 e. The Balaban J connectivity index is 3.09. The van der Waals surface area contributed by atoms with Crippen molar-refractivity contribution < 1.29 is 17.7 Å². The quantitative estimate of drug-likeness (QED) is 0.715. The largest absolute Gasteiger partial charge is 0.416 e. The molecule has 0 aliphatic heterocycles. The van der Waals surface area contributed by atoms with Gasteiger partial charge in [0.05, 0.1) is 32.4 Å². The van der Waals surface area contributed by atoms with Crippen LogP contribution in [0.4, 0.5) is 13.2 Å². The SMILES string of the molecule is Cc1cc(C(F)(F)F)cc(C[N+](C)(C)C)n1. The molecule has 1 aromatic rings. The van der Waals surface area contributed by atoms with Crippen molar-refractivity contribution in [2.75, 3.05) is 21.1 Å². The molecule has 0 radical (unpaired) electrons. The molecule has 90 valence electrons. The molecular formula is C11H16F3N2+. The molecule has 16 heavy (non-hydrogen) atoms. The van der Waals surface area contributed by atoms with Gasteiger partial charge in [0.25, 0.3) is 0 Å². The van der Waals surface area contributed by atoms with E-state index in [1.807, 2.05) is 21.1 Å². The van der Waals surface area contributed by atoms with E-state index < -0.39 is 11.7 Å². The summed E-state index contributed by atoms with van der Waals surface area (Å²) in [5, 5.41) is 0. The topological polar surface area (TPSA) is 12.9 Å². The maximum absolute atomic E-state index is 12.5. The Morgan fingerprint density at radius 1 is 1.19 bits per heavy atom. The lowest BCUT2D eigenvalue weighted by Gasteiger charge is -2.23. The zero-order valence-electron chi connectivity index (χ0n) is 9.89. The van der Waals surface area contributed by atoms with Gasteiger partial charge in [-0.05, 0) is 19.1 Å². The highest BCUT2D eigenvalue weighted by atomic mass is 19.4. The van der Waals surface area contributed by atoms with Crippen LogP contribution < -0.4 is 0 Å². The van der Waals surface area contributed by atoms with Gasteiger partial charge < -0.3 is 4.48 Å². The molecular weight excluding hydrogens is 217 g/mol. The number of rotatable bonds is 2. The first-order valence-corrected chi connectivity index (χ1v) is 4.93. The van der Waals surface area contributed by atoms with Gasteiger partial charge in [0.15, 0.2) is 0 Å². The summed E-state index contributed by atoms with van der Waals surface area (Å²) in [4.78, 5) is 4.12. The van der Waals surface area contributed by atoms with Crippen LogP contribution in [0, 0.1) is 6.92 Å². The summed E-state index contributed by atoms with van der Waals surface area (Å²) in [6, 6.07) is 2.19. The summed E-state index contributed by atoms with van der Waals surface area (Å²) in [6.45, 7) is 2.05. The number of quaternary nitrogens is 1. The van der Waals surface area contributed by atoms with E-state index >= 15 is 0 Å². The van der Waals surface area contributed by atoms with Crippen LogP contribution in [0.3, 0.4) is 0 Å². The average Bonchev–Trinajstić information content (AvgIpc) is 1.97.